The number of carbonyl (C=O) groups is 1. The zero-order valence-corrected chi connectivity index (χ0v) is 13.0. The molecule has 2 aromatic rings. The Morgan fingerprint density at radius 2 is 2.00 bits per heavy atom. The number of hydrogen-bond donors (Lipinski definition) is 1. The van der Waals surface area contributed by atoms with Gasteiger partial charge in [0.2, 0.25) is 0 Å². The number of non-ortho nitro benzene ring substituents is 1. The van der Waals surface area contributed by atoms with Crippen molar-refractivity contribution in [3.8, 4) is 5.75 Å². The minimum absolute atomic E-state index is 0.107. The van der Waals surface area contributed by atoms with Crippen molar-refractivity contribution < 1.29 is 14.5 Å². The van der Waals surface area contributed by atoms with Gasteiger partial charge in [0.25, 0.3) is 11.6 Å². The first-order valence-corrected chi connectivity index (χ1v) is 7.20. The fourth-order valence-electron chi connectivity index (χ4n) is 2.05. The molecular formula is C17H18N2O4. The molecule has 0 unspecified atom stereocenters. The van der Waals surface area contributed by atoms with Crippen LogP contribution in [0.15, 0.2) is 42.5 Å². The topological polar surface area (TPSA) is 81.5 Å². The standard InChI is InChI=1S/C17H18N2O4/c1-12-6-7-13(2)16(10-12)23-9-8-18-17(20)14-4-3-5-15(11-14)19(21)22/h3-7,10-11H,8-9H2,1-2H3,(H,18,20). The average molecular weight is 314 g/mol. The van der Waals surface area contributed by atoms with Crippen molar-refractivity contribution >= 4 is 11.6 Å². The van der Waals surface area contributed by atoms with Crippen LogP contribution < -0.4 is 10.1 Å². The number of nitro groups is 1. The molecule has 2 rings (SSSR count). The van der Waals surface area contributed by atoms with Crippen molar-refractivity contribution in [2.45, 2.75) is 13.8 Å². The van der Waals surface area contributed by atoms with E-state index in [-0.39, 0.29) is 17.2 Å². The van der Waals surface area contributed by atoms with Crippen LogP contribution in [0.5, 0.6) is 5.75 Å². The molecule has 1 N–H and O–H groups in total. The maximum atomic E-state index is 12.0. The van der Waals surface area contributed by atoms with Gasteiger partial charge >= 0.3 is 0 Å². The van der Waals surface area contributed by atoms with Crippen molar-refractivity contribution in [3.63, 3.8) is 0 Å². The van der Waals surface area contributed by atoms with Crippen LogP contribution in [0.2, 0.25) is 0 Å². The van der Waals surface area contributed by atoms with Crippen LogP contribution in [0.1, 0.15) is 21.5 Å². The largest absolute Gasteiger partial charge is 0.491 e. The molecule has 6 nitrogen and oxygen atoms in total. The van der Waals surface area contributed by atoms with E-state index >= 15 is 0 Å². The maximum absolute atomic E-state index is 12.0. The predicted octanol–water partition coefficient (Wildman–Crippen LogP) is 3.02. The van der Waals surface area contributed by atoms with E-state index in [1.165, 1.54) is 24.3 Å². The summed E-state index contributed by atoms with van der Waals surface area (Å²) in [5.74, 6) is 0.424. The summed E-state index contributed by atoms with van der Waals surface area (Å²) in [5.41, 5.74) is 2.28. The van der Waals surface area contributed by atoms with Crippen molar-refractivity contribution in [3.05, 3.63) is 69.3 Å². The van der Waals surface area contributed by atoms with Crippen molar-refractivity contribution in [2.24, 2.45) is 0 Å². The van der Waals surface area contributed by atoms with Gasteiger partial charge in [-0.3, -0.25) is 14.9 Å². The first-order valence-electron chi connectivity index (χ1n) is 7.20. The normalized spacial score (nSPS) is 10.2. The lowest BCUT2D eigenvalue weighted by Crippen LogP contribution is -2.28. The minimum Gasteiger partial charge on any atom is -0.491 e. The Hall–Kier alpha value is -2.89. The molecule has 0 aliphatic carbocycles. The average Bonchev–Trinajstić information content (AvgIpc) is 2.54. The number of hydrogen-bond acceptors (Lipinski definition) is 4. The van der Waals surface area contributed by atoms with E-state index < -0.39 is 4.92 Å². The number of nitrogens with one attached hydrogen (secondary N) is 1. The zero-order valence-electron chi connectivity index (χ0n) is 13.0. The lowest BCUT2D eigenvalue weighted by atomic mass is 10.1. The third-order valence-electron chi connectivity index (χ3n) is 3.31. The van der Waals surface area contributed by atoms with Gasteiger partial charge in [0.1, 0.15) is 12.4 Å². The molecule has 0 aromatic heterocycles. The molecule has 6 heteroatoms. The molecule has 0 spiro atoms. The molecule has 0 saturated carbocycles. The minimum atomic E-state index is -0.527. The van der Waals surface area contributed by atoms with Gasteiger partial charge in [-0.1, -0.05) is 18.2 Å². The van der Waals surface area contributed by atoms with Gasteiger partial charge in [-0.25, -0.2) is 0 Å². The number of aryl methyl sites for hydroxylation is 2. The summed E-state index contributed by atoms with van der Waals surface area (Å²) in [6.07, 6.45) is 0. The van der Waals surface area contributed by atoms with Gasteiger partial charge in [0.15, 0.2) is 0 Å². The quantitative estimate of drug-likeness (QED) is 0.505. The first-order chi connectivity index (χ1) is 11.0. The Labute approximate surface area is 134 Å². The number of amides is 1. The number of carbonyl (C=O) groups excluding carboxylic acids is 1. The second kappa shape index (κ2) is 7.40. The van der Waals surface area contributed by atoms with Crippen LogP contribution in [0.25, 0.3) is 0 Å². The third-order valence-corrected chi connectivity index (χ3v) is 3.31. The molecule has 0 saturated heterocycles. The first kappa shape index (κ1) is 16.5. The van der Waals surface area contributed by atoms with E-state index in [2.05, 4.69) is 5.32 Å². The molecular weight excluding hydrogens is 296 g/mol. The van der Waals surface area contributed by atoms with Crippen molar-refractivity contribution in [1.29, 1.82) is 0 Å². The highest BCUT2D eigenvalue weighted by atomic mass is 16.6. The Morgan fingerprint density at radius 3 is 2.74 bits per heavy atom. The molecule has 0 heterocycles. The molecule has 23 heavy (non-hydrogen) atoms. The van der Waals surface area contributed by atoms with Crippen LogP contribution in [-0.2, 0) is 0 Å². The van der Waals surface area contributed by atoms with Gasteiger partial charge in [0, 0.05) is 17.7 Å². The summed E-state index contributed by atoms with van der Waals surface area (Å²) in [4.78, 5) is 22.1. The highest BCUT2D eigenvalue weighted by molar-refractivity contribution is 5.94. The molecule has 0 bridgehead atoms. The molecule has 0 atom stereocenters. The van der Waals surface area contributed by atoms with Crippen LogP contribution in [0.4, 0.5) is 5.69 Å². The second-order valence-electron chi connectivity index (χ2n) is 5.18. The van der Waals surface area contributed by atoms with Gasteiger partial charge in [0.05, 0.1) is 11.5 Å². The van der Waals surface area contributed by atoms with E-state index in [1.54, 1.807) is 0 Å². The van der Waals surface area contributed by atoms with Crippen LogP contribution >= 0.6 is 0 Å². The number of rotatable bonds is 6. The summed E-state index contributed by atoms with van der Waals surface area (Å²) in [6.45, 7) is 4.58. The Kier molecular flexibility index (Phi) is 5.30. The smallest absolute Gasteiger partial charge is 0.270 e. The molecule has 2 aromatic carbocycles. The number of ether oxygens (including phenoxy) is 1. The van der Waals surface area contributed by atoms with Gasteiger partial charge in [-0.15, -0.1) is 0 Å². The lowest BCUT2D eigenvalue weighted by molar-refractivity contribution is -0.384. The fourth-order valence-corrected chi connectivity index (χ4v) is 2.05. The maximum Gasteiger partial charge on any atom is 0.270 e. The van der Waals surface area contributed by atoms with Gasteiger partial charge in [-0.05, 0) is 37.1 Å². The Bertz CT molecular complexity index is 728. The number of nitro benzene ring substituents is 1. The molecule has 0 aliphatic rings. The van der Waals surface area contributed by atoms with Gasteiger partial charge in [-0.2, -0.15) is 0 Å². The summed E-state index contributed by atoms with van der Waals surface area (Å²) < 4.78 is 5.64. The van der Waals surface area contributed by atoms with E-state index in [4.69, 9.17) is 4.74 Å². The highest BCUT2D eigenvalue weighted by Crippen LogP contribution is 2.18. The number of nitrogens with zero attached hydrogens (tertiary/aromatic N) is 1. The molecule has 0 fully saturated rings. The summed E-state index contributed by atoms with van der Waals surface area (Å²) in [6, 6.07) is 11.5. The summed E-state index contributed by atoms with van der Waals surface area (Å²) >= 11 is 0. The van der Waals surface area contributed by atoms with E-state index in [9.17, 15) is 14.9 Å². The van der Waals surface area contributed by atoms with Crippen molar-refractivity contribution in [2.75, 3.05) is 13.2 Å². The molecule has 0 aliphatic heterocycles. The fraction of sp³-hybridized carbons (Fsp3) is 0.235. The molecule has 1 amide bonds. The lowest BCUT2D eigenvalue weighted by Gasteiger charge is -2.10. The SMILES string of the molecule is Cc1ccc(C)c(OCCNC(=O)c2cccc([N+](=O)[O-])c2)c1. The highest BCUT2D eigenvalue weighted by Gasteiger charge is 2.11. The third kappa shape index (κ3) is 4.54. The monoisotopic (exact) mass is 314 g/mol. The molecule has 0 radical (unpaired) electrons. The van der Waals surface area contributed by atoms with E-state index in [1.807, 2.05) is 32.0 Å². The van der Waals surface area contributed by atoms with Crippen LogP contribution in [0.3, 0.4) is 0 Å². The predicted molar refractivity (Wildman–Crippen MR) is 86.8 cm³/mol. The zero-order chi connectivity index (χ0) is 16.8. The number of benzene rings is 2. The summed E-state index contributed by atoms with van der Waals surface area (Å²) in [5, 5.41) is 13.4. The van der Waals surface area contributed by atoms with E-state index in [0.29, 0.717) is 13.2 Å². The van der Waals surface area contributed by atoms with Crippen LogP contribution in [-0.4, -0.2) is 24.0 Å². The Morgan fingerprint density at radius 1 is 1.22 bits per heavy atom. The Balaban J connectivity index is 1.86. The second-order valence-corrected chi connectivity index (χ2v) is 5.18. The van der Waals surface area contributed by atoms with Crippen LogP contribution in [0, 0.1) is 24.0 Å². The van der Waals surface area contributed by atoms with Gasteiger partial charge < -0.3 is 10.1 Å². The summed E-state index contributed by atoms with van der Waals surface area (Å²) in [7, 11) is 0. The molecule has 120 valence electrons. The van der Waals surface area contributed by atoms with E-state index in [0.717, 1.165) is 16.9 Å². The van der Waals surface area contributed by atoms with Crippen molar-refractivity contribution in [1.82, 2.24) is 5.32 Å².